The minimum absolute atomic E-state index is 0.529. The van der Waals surface area contributed by atoms with Gasteiger partial charge in [0, 0.05) is 22.4 Å². The third kappa shape index (κ3) is 5.20. The van der Waals surface area contributed by atoms with Gasteiger partial charge in [-0.05, 0) is 59.8 Å². The molecule has 1 saturated carbocycles. The first kappa shape index (κ1) is 25.4. The second-order valence-electron chi connectivity index (χ2n) is 10.6. The predicted octanol–water partition coefficient (Wildman–Crippen LogP) is 7.74. The third-order valence-electron chi connectivity index (χ3n) is 7.83. The molecule has 198 valence electrons. The van der Waals surface area contributed by atoms with Gasteiger partial charge in [0.1, 0.15) is 0 Å². The lowest BCUT2D eigenvalue weighted by Gasteiger charge is -2.26. The fourth-order valence-electron chi connectivity index (χ4n) is 5.62. The fraction of sp³-hybridized carbons (Fsp3) is 0.0789. The van der Waals surface area contributed by atoms with Crippen molar-refractivity contribution in [2.45, 2.75) is 12.8 Å². The van der Waals surface area contributed by atoms with Crippen LogP contribution in [-0.4, -0.2) is 5.71 Å². The molecule has 5 aromatic rings. The van der Waals surface area contributed by atoms with Crippen LogP contribution in [-0.2, 0) is 0 Å². The Bertz CT molecular complexity index is 1710. The summed E-state index contributed by atoms with van der Waals surface area (Å²) in [7, 11) is -0.692. The Labute approximate surface area is 243 Å². The van der Waals surface area contributed by atoms with Crippen molar-refractivity contribution in [2.24, 2.45) is 5.92 Å². The van der Waals surface area contributed by atoms with Crippen molar-refractivity contribution in [3.63, 3.8) is 0 Å². The van der Waals surface area contributed by atoms with Gasteiger partial charge in [-0.15, -0.1) is 0 Å². The van der Waals surface area contributed by atoms with Crippen LogP contribution in [0, 0.1) is 11.3 Å². The lowest BCUT2D eigenvalue weighted by atomic mass is 9.88. The Morgan fingerprint density at radius 1 is 0.585 bits per heavy atom. The summed E-state index contributed by atoms with van der Waals surface area (Å²) in [4.78, 5) is 0. The van der Waals surface area contributed by atoms with Crippen LogP contribution >= 0.6 is 7.92 Å². The van der Waals surface area contributed by atoms with E-state index in [-0.39, 0.29) is 0 Å². The molecule has 2 nitrogen and oxygen atoms in total. The average molecular weight is 547 g/mol. The van der Waals surface area contributed by atoms with E-state index in [1.807, 2.05) is 6.07 Å². The summed E-state index contributed by atoms with van der Waals surface area (Å²) < 4.78 is 0. The molecule has 3 heteroatoms. The Balaban J connectivity index is 1.32. The van der Waals surface area contributed by atoms with Crippen molar-refractivity contribution in [3.05, 3.63) is 167 Å². The van der Waals surface area contributed by atoms with E-state index in [0.717, 1.165) is 28.0 Å². The molecule has 0 radical (unpaired) electrons. The van der Waals surface area contributed by atoms with Crippen LogP contribution in [0.4, 0.5) is 0 Å². The van der Waals surface area contributed by atoms with Gasteiger partial charge >= 0.3 is 0 Å². The molecule has 0 atom stereocenters. The molecule has 1 heterocycles. The van der Waals surface area contributed by atoms with E-state index in [1.54, 1.807) is 0 Å². The quantitative estimate of drug-likeness (QED) is 0.159. The number of hydrogen-bond acceptors (Lipinski definition) is 2. The van der Waals surface area contributed by atoms with Crippen LogP contribution in [0.3, 0.4) is 0 Å². The molecule has 0 amide bonds. The highest BCUT2D eigenvalue weighted by Crippen LogP contribution is 2.42. The lowest BCUT2D eigenvalue weighted by Crippen LogP contribution is -2.22. The number of nitrogens with one attached hydrogen (secondary N) is 2. The smallest absolute Gasteiger partial charge is 0.0711 e. The maximum Gasteiger partial charge on any atom is 0.0711 e. The van der Waals surface area contributed by atoms with Crippen molar-refractivity contribution in [1.29, 1.82) is 5.41 Å². The zero-order chi connectivity index (χ0) is 27.6. The van der Waals surface area contributed by atoms with E-state index < -0.39 is 7.92 Å². The molecular weight excluding hydrogens is 515 g/mol. The van der Waals surface area contributed by atoms with Gasteiger partial charge in [-0.3, -0.25) is 5.41 Å². The van der Waals surface area contributed by atoms with E-state index in [2.05, 4.69) is 145 Å². The van der Waals surface area contributed by atoms with Crippen molar-refractivity contribution in [2.75, 3.05) is 0 Å². The van der Waals surface area contributed by atoms with Gasteiger partial charge in [0.2, 0.25) is 0 Å². The highest BCUT2D eigenvalue weighted by atomic mass is 31.1. The molecule has 41 heavy (non-hydrogen) atoms. The van der Waals surface area contributed by atoms with Crippen LogP contribution in [0.5, 0.6) is 0 Å². The van der Waals surface area contributed by atoms with Crippen LogP contribution in [0.2, 0.25) is 0 Å². The Kier molecular flexibility index (Phi) is 6.93. The summed E-state index contributed by atoms with van der Waals surface area (Å²) in [6, 6.07) is 49.2. The summed E-state index contributed by atoms with van der Waals surface area (Å²) in [5.41, 5.74) is 8.09. The number of benzene rings is 5. The first-order chi connectivity index (χ1) is 20.3. The monoisotopic (exact) mass is 546 g/mol. The zero-order valence-electron chi connectivity index (χ0n) is 22.8. The summed E-state index contributed by atoms with van der Waals surface area (Å²) >= 11 is 0. The van der Waals surface area contributed by atoms with Gasteiger partial charge in [-0.25, -0.2) is 0 Å². The first-order valence-corrected chi connectivity index (χ1v) is 15.6. The standard InChI is InChI=1S/C38H31N2P/c39-37(29-22-24-33(25-23-29)41(31-15-6-2-7-16-31)32-17-8-3-9-18-32)36(28-12-4-1-5-13-28)38-34-19-11-10-14-30(34)26-35(40-38)27-20-21-27/h1-19,22-27,39-40H,20-21H2/b38-36-,39-37?. The van der Waals surface area contributed by atoms with Crippen LogP contribution in [0.15, 0.2) is 145 Å². The summed E-state index contributed by atoms with van der Waals surface area (Å²) in [5.74, 6) is 0.582. The normalized spacial score (nSPS) is 15.5. The number of allylic oxidation sites excluding steroid dienone is 2. The van der Waals surface area contributed by atoms with Crippen LogP contribution in [0.25, 0.3) is 17.3 Å². The average Bonchev–Trinajstić information content (AvgIpc) is 3.89. The van der Waals surface area contributed by atoms with Crippen molar-refractivity contribution in [3.8, 4) is 0 Å². The van der Waals surface area contributed by atoms with Gasteiger partial charge in [-0.2, -0.15) is 0 Å². The highest BCUT2D eigenvalue weighted by molar-refractivity contribution is 7.79. The molecule has 1 aliphatic carbocycles. The largest absolute Gasteiger partial charge is 0.358 e. The maximum absolute atomic E-state index is 9.58. The molecule has 0 aromatic heterocycles. The topological polar surface area (TPSA) is 35.9 Å². The van der Waals surface area contributed by atoms with E-state index >= 15 is 0 Å². The number of rotatable bonds is 7. The second kappa shape index (κ2) is 11.2. The molecule has 2 aliphatic rings. The molecule has 2 N–H and O–H groups in total. The van der Waals surface area contributed by atoms with Crippen molar-refractivity contribution < 1.29 is 0 Å². The van der Waals surface area contributed by atoms with Crippen LogP contribution < -0.4 is 21.2 Å². The molecule has 5 aromatic carbocycles. The fourth-order valence-corrected chi connectivity index (χ4v) is 7.90. The van der Waals surface area contributed by atoms with Gasteiger partial charge < -0.3 is 5.32 Å². The van der Waals surface area contributed by atoms with Crippen LogP contribution in [0.1, 0.15) is 35.1 Å². The van der Waals surface area contributed by atoms with E-state index in [1.165, 1.54) is 40.0 Å². The molecule has 0 bridgehead atoms. The van der Waals surface area contributed by atoms with Gasteiger partial charge in [0.05, 0.1) is 11.4 Å². The minimum Gasteiger partial charge on any atom is -0.358 e. The van der Waals surface area contributed by atoms with Crippen molar-refractivity contribution >= 4 is 46.9 Å². The second-order valence-corrected chi connectivity index (χ2v) is 12.9. The Morgan fingerprint density at radius 3 is 1.73 bits per heavy atom. The van der Waals surface area contributed by atoms with Crippen molar-refractivity contribution in [1.82, 2.24) is 5.32 Å². The molecule has 7 rings (SSSR count). The molecule has 0 spiro atoms. The summed E-state index contributed by atoms with van der Waals surface area (Å²) in [6.07, 6.45) is 4.74. The summed E-state index contributed by atoms with van der Waals surface area (Å²) in [6.45, 7) is 0. The number of fused-ring (bicyclic) bond motifs is 1. The van der Waals surface area contributed by atoms with E-state index in [9.17, 15) is 5.41 Å². The Morgan fingerprint density at radius 2 is 1.12 bits per heavy atom. The third-order valence-corrected chi connectivity index (χ3v) is 10.3. The van der Waals surface area contributed by atoms with Gasteiger partial charge in [-0.1, -0.05) is 140 Å². The molecule has 0 unspecified atom stereocenters. The van der Waals surface area contributed by atoms with Gasteiger partial charge in [0.15, 0.2) is 0 Å². The highest BCUT2D eigenvalue weighted by Gasteiger charge is 2.31. The Hall–Kier alpha value is -4.52. The zero-order valence-corrected chi connectivity index (χ0v) is 23.7. The lowest BCUT2D eigenvalue weighted by molar-refractivity contribution is 0.898. The SMILES string of the molecule is N=C(/C(=C1\NC(C2CC2)=Cc2ccccc21)c1ccccc1)c1ccc(P(c2ccccc2)c2ccccc2)cc1. The summed E-state index contributed by atoms with van der Waals surface area (Å²) in [5, 5.41) is 17.3. The van der Waals surface area contributed by atoms with E-state index in [0.29, 0.717) is 11.6 Å². The molecule has 1 aliphatic heterocycles. The molecule has 1 fully saturated rings. The molecular formula is C38H31N2P. The van der Waals surface area contributed by atoms with Gasteiger partial charge in [0.25, 0.3) is 0 Å². The molecule has 0 saturated heterocycles. The van der Waals surface area contributed by atoms with E-state index in [4.69, 9.17) is 0 Å². The predicted molar refractivity (Wildman–Crippen MR) is 176 cm³/mol. The number of hydrogen-bond donors (Lipinski definition) is 2. The maximum atomic E-state index is 9.58. The minimum atomic E-state index is -0.692. The first-order valence-electron chi connectivity index (χ1n) is 14.2.